The van der Waals surface area contributed by atoms with E-state index in [9.17, 15) is 33.1 Å². The monoisotopic (exact) mass is 728 g/mol. The van der Waals surface area contributed by atoms with Crippen molar-refractivity contribution < 1.29 is 23.1 Å². The zero-order chi connectivity index (χ0) is 36.4. The molecule has 3 N–H and O–H groups in total. The summed E-state index contributed by atoms with van der Waals surface area (Å²) in [6, 6.07) is 8.60. The number of nitrogens with one attached hydrogen (secondary N) is 2. The third kappa shape index (κ3) is 8.39. The molecule has 0 saturated carbocycles. The second-order valence-corrected chi connectivity index (χ2v) is 14.8. The summed E-state index contributed by atoms with van der Waals surface area (Å²) in [4.78, 5) is 31.0. The van der Waals surface area contributed by atoms with Gasteiger partial charge in [-0.1, -0.05) is 48.2 Å². The minimum absolute atomic E-state index is 0.0213. The van der Waals surface area contributed by atoms with Crippen molar-refractivity contribution in [2.45, 2.75) is 71.9 Å². The number of benzene rings is 2. The number of allylic oxidation sites excluding steroid dienone is 1. The number of pyridine rings is 1. The maximum absolute atomic E-state index is 13.5. The summed E-state index contributed by atoms with van der Waals surface area (Å²) in [6.07, 6.45) is 1.80. The number of carbonyl (C=O) groups excluding carboxylic acids is 1. The standard InChI is InChI=1S/C38H41Cl2F3N4O3/c1-22-5-4-12-37(2,3)31(22)11-16-47-14-9-23(10-15-47)35(49)45-13-8-24-17-26(39)19-29(34(24)48)33-20-27(30(21-44)36(50)46-33)28-18-25(38(41,42)43)6-7-32(28)40/h6-7,17-20,23,48H,4-5,8-16H2,1-3H3,(H,45,49)(H,46,50). The molecule has 2 aromatic carbocycles. The van der Waals surface area contributed by atoms with Crippen molar-refractivity contribution in [3.63, 3.8) is 0 Å². The molecular weight excluding hydrogens is 688 g/mol. The van der Waals surface area contributed by atoms with E-state index in [-0.39, 0.29) is 68.4 Å². The molecule has 1 aliphatic carbocycles. The highest BCUT2D eigenvalue weighted by molar-refractivity contribution is 6.33. The van der Waals surface area contributed by atoms with Crippen LogP contribution in [0.1, 0.15) is 76.0 Å². The second kappa shape index (κ2) is 15.2. The molecule has 1 fully saturated rings. The molecular formula is C38H41Cl2F3N4O3. The van der Waals surface area contributed by atoms with Crippen LogP contribution in [0.5, 0.6) is 5.75 Å². The highest BCUT2D eigenvalue weighted by atomic mass is 35.5. The third-order valence-corrected chi connectivity index (χ3v) is 10.7. The Bertz CT molecular complexity index is 1900. The Morgan fingerprint density at radius 2 is 1.82 bits per heavy atom. The van der Waals surface area contributed by atoms with Crippen LogP contribution in [0.3, 0.4) is 0 Å². The summed E-state index contributed by atoms with van der Waals surface area (Å²) >= 11 is 12.6. The van der Waals surface area contributed by atoms with Crippen LogP contribution < -0.4 is 10.9 Å². The van der Waals surface area contributed by atoms with E-state index in [4.69, 9.17) is 23.2 Å². The first kappa shape index (κ1) is 37.5. The highest BCUT2D eigenvalue weighted by Gasteiger charge is 2.32. The molecule has 50 heavy (non-hydrogen) atoms. The third-order valence-electron chi connectivity index (χ3n) is 10.2. The van der Waals surface area contributed by atoms with Gasteiger partial charge in [-0.15, -0.1) is 0 Å². The summed E-state index contributed by atoms with van der Waals surface area (Å²) < 4.78 is 40.5. The first-order valence-electron chi connectivity index (χ1n) is 16.8. The number of nitriles is 1. The van der Waals surface area contributed by atoms with E-state index in [2.05, 4.69) is 36.0 Å². The van der Waals surface area contributed by atoms with Crippen molar-refractivity contribution >= 4 is 29.1 Å². The molecule has 12 heteroatoms. The quantitative estimate of drug-likeness (QED) is 0.191. The number of hydrogen-bond donors (Lipinski definition) is 3. The van der Waals surface area contributed by atoms with E-state index < -0.39 is 22.9 Å². The summed E-state index contributed by atoms with van der Waals surface area (Å²) in [6.45, 7) is 9.90. The smallest absolute Gasteiger partial charge is 0.416 e. The molecule has 1 saturated heterocycles. The number of halogens is 5. The largest absolute Gasteiger partial charge is 0.507 e. The van der Waals surface area contributed by atoms with Crippen LogP contribution in [-0.2, 0) is 17.4 Å². The maximum Gasteiger partial charge on any atom is 0.416 e. The number of carbonyl (C=O) groups is 1. The van der Waals surface area contributed by atoms with Crippen molar-refractivity contribution in [1.29, 1.82) is 5.26 Å². The van der Waals surface area contributed by atoms with E-state index in [0.717, 1.165) is 57.1 Å². The minimum Gasteiger partial charge on any atom is -0.507 e. The SMILES string of the molecule is CC1=C(CCN2CCC(C(=O)NCCc3cc(Cl)cc(-c4cc(-c5cc(C(F)(F)F)ccc5Cl)c(C#N)c(=O)[nH]4)c3O)CC2)C(C)(C)CCC1. The average molecular weight is 730 g/mol. The van der Waals surface area contributed by atoms with E-state index in [1.54, 1.807) is 17.7 Å². The van der Waals surface area contributed by atoms with Gasteiger partial charge < -0.3 is 20.3 Å². The zero-order valence-corrected chi connectivity index (χ0v) is 29.9. The molecule has 1 amide bonds. The number of amides is 1. The Labute approximate surface area is 300 Å². The number of rotatable bonds is 9. The number of likely N-dealkylation sites (tertiary alicyclic amines) is 1. The van der Waals surface area contributed by atoms with Gasteiger partial charge in [-0.25, -0.2) is 0 Å². The van der Waals surface area contributed by atoms with Crippen molar-refractivity contribution in [1.82, 2.24) is 15.2 Å². The van der Waals surface area contributed by atoms with Gasteiger partial charge in [0.1, 0.15) is 17.4 Å². The summed E-state index contributed by atoms with van der Waals surface area (Å²) in [7, 11) is 0. The number of piperidine rings is 1. The van der Waals surface area contributed by atoms with Gasteiger partial charge in [0.2, 0.25) is 5.91 Å². The molecule has 266 valence electrons. The Kier molecular flexibility index (Phi) is 11.4. The van der Waals surface area contributed by atoms with Crippen molar-refractivity contribution in [2.24, 2.45) is 11.3 Å². The number of H-pyrrole nitrogens is 1. The number of aromatic nitrogens is 1. The van der Waals surface area contributed by atoms with Gasteiger partial charge in [0.05, 0.1) is 11.3 Å². The van der Waals surface area contributed by atoms with Crippen molar-refractivity contribution in [3.8, 4) is 34.2 Å². The molecule has 3 aromatic rings. The van der Waals surface area contributed by atoms with Crippen LogP contribution in [-0.4, -0.2) is 47.1 Å². The van der Waals surface area contributed by atoms with Crippen LogP contribution in [0.2, 0.25) is 10.0 Å². The first-order valence-corrected chi connectivity index (χ1v) is 17.6. The lowest BCUT2D eigenvalue weighted by atomic mass is 9.71. The van der Waals surface area contributed by atoms with Crippen LogP contribution in [0.15, 0.2) is 52.3 Å². The summed E-state index contributed by atoms with van der Waals surface area (Å²) in [5.41, 5.74) is 1.26. The molecule has 1 aromatic heterocycles. The maximum atomic E-state index is 13.5. The van der Waals surface area contributed by atoms with E-state index in [1.165, 1.54) is 37.0 Å². The lowest BCUT2D eigenvalue weighted by Crippen LogP contribution is -2.41. The molecule has 7 nitrogen and oxygen atoms in total. The fraction of sp³-hybridized carbons (Fsp3) is 0.447. The van der Waals surface area contributed by atoms with Crippen LogP contribution in [0.4, 0.5) is 13.2 Å². The topological polar surface area (TPSA) is 109 Å². The van der Waals surface area contributed by atoms with Crippen LogP contribution >= 0.6 is 23.2 Å². The number of aromatic amines is 1. The zero-order valence-electron chi connectivity index (χ0n) is 28.4. The minimum atomic E-state index is -4.69. The van der Waals surface area contributed by atoms with Crippen LogP contribution in [0, 0.1) is 22.7 Å². The number of hydrogen-bond acceptors (Lipinski definition) is 5. The van der Waals surface area contributed by atoms with E-state index in [1.807, 2.05) is 0 Å². The summed E-state index contributed by atoms with van der Waals surface area (Å²) in [5.74, 6) is -0.381. The predicted molar refractivity (Wildman–Crippen MR) is 190 cm³/mol. The Hall–Kier alpha value is -3.78. The van der Waals surface area contributed by atoms with Gasteiger partial charge in [-0.2, -0.15) is 18.4 Å². The second-order valence-electron chi connectivity index (χ2n) is 14.0. The lowest BCUT2D eigenvalue weighted by molar-refractivity contribution is -0.137. The molecule has 0 spiro atoms. The Morgan fingerprint density at radius 3 is 2.48 bits per heavy atom. The Morgan fingerprint density at radius 1 is 1.10 bits per heavy atom. The number of nitrogens with zero attached hydrogens (tertiary/aromatic N) is 2. The normalized spacial score (nSPS) is 17.1. The van der Waals surface area contributed by atoms with Gasteiger partial charge in [-0.05, 0) is 112 Å². The fourth-order valence-electron chi connectivity index (χ4n) is 7.37. The molecule has 0 radical (unpaired) electrons. The molecule has 1 aliphatic heterocycles. The fourth-order valence-corrected chi connectivity index (χ4v) is 7.83. The molecule has 5 rings (SSSR count). The Balaban J connectivity index is 1.25. The first-order chi connectivity index (χ1) is 23.6. The summed E-state index contributed by atoms with van der Waals surface area (Å²) in [5, 5.41) is 24.0. The number of phenols is 1. The number of phenolic OH excluding ortho intramolecular Hbond substituents is 1. The highest BCUT2D eigenvalue weighted by Crippen LogP contribution is 2.42. The van der Waals surface area contributed by atoms with Gasteiger partial charge >= 0.3 is 6.18 Å². The number of aromatic hydroxyl groups is 1. The average Bonchev–Trinajstić information content (AvgIpc) is 3.05. The van der Waals surface area contributed by atoms with Gasteiger partial charge in [0.15, 0.2) is 0 Å². The predicted octanol–water partition coefficient (Wildman–Crippen LogP) is 8.90. The van der Waals surface area contributed by atoms with E-state index >= 15 is 0 Å². The molecule has 2 heterocycles. The molecule has 0 atom stereocenters. The van der Waals surface area contributed by atoms with Gasteiger partial charge in [-0.3, -0.25) is 9.59 Å². The number of alkyl halides is 3. The van der Waals surface area contributed by atoms with E-state index in [0.29, 0.717) is 5.56 Å². The van der Waals surface area contributed by atoms with Gasteiger partial charge in [0, 0.05) is 45.7 Å². The molecule has 2 aliphatic rings. The van der Waals surface area contributed by atoms with Crippen molar-refractivity contribution in [2.75, 3.05) is 26.2 Å². The van der Waals surface area contributed by atoms with Gasteiger partial charge in [0.25, 0.3) is 5.56 Å². The molecule has 0 unspecified atom stereocenters. The molecule has 0 bridgehead atoms. The van der Waals surface area contributed by atoms with Crippen molar-refractivity contribution in [3.05, 3.63) is 84.6 Å². The lowest BCUT2D eigenvalue weighted by Gasteiger charge is -2.37. The van der Waals surface area contributed by atoms with Crippen LogP contribution in [0.25, 0.3) is 22.4 Å².